The average molecular weight is 290 g/mol. The second kappa shape index (κ2) is 5.17. The zero-order valence-corrected chi connectivity index (χ0v) is 12.4. The van der Waals surface area contributed by atoms with Crippen LogP contribution in [0.2, 0.25) is 0 Å². The van der Waals surface area contributed by atoms with E-state index in [4.69, 9.17) is 5.73 Å². The molecule has 106 valence electrons. The average Bonchev–Trinajstić information content (AvgIpc) is 2.97. The fourth-order valence-electron chi connectivity index (χ4n) is 2.96. The van der Waals surface area contributed by atoms with Gasteiger partial charge in [-0.25, -0.2) is 0 Å². The molecule has 0 aliphatic carbocycles. The molecular formula is C14H18N4OS. The smallest absolute Gasteiger partial charge is 0.228 e. The van der Waals surface area contributed by atoms with E-state index in [2.05, 4.69) is 18.0 Å². The lowest BCUT2D eigenvalue weighted by molar-refractivity contribution is -0.117. The number of nitrogens with two attached hydrogens (primary N) is 1. The topological polar surface area (TPSA) is 73.4 Å². The monoisotopic (exact) mass is 290 g/mol. The molecule has 5 nitrogen and oxygen atoms in total. The van der Waals surface area contributed by atoms with Gasteiger partial charge in [-0.2, -0.15) is 5.26 Å². The minimum atomic E-state index is 0.101. The zero-order valence-electron chi connectivity index (χ0n) is 11.6. The van der Waals surface area contributed by atoms with Crippen LogP contribution in [0.25, 0.3) is 0 Å². The molecule has 2 aliphatic rings. The third kappa shape index (κ3) is 2.12. The maximum absolute atomic E-state index is 12.1. The summed E-state index contributed by atoms with van der Waals surface area (Å²) in [6.07, 6.45) is 1.40. The van der Waals surface area contributed by atoms with Gasteiger partial charge < -0.3 is 15.5 Å². The van der Waals surface area contributed by atoms with Crippen molar-refractivity contribution in [2.45, 2.75) is 19.4 Å². The molecule has 1 amide bonds. The molecule has 6 heteroatoms. The number of amides is 1. The van der Waals surface area contributed by atoms with E-state index in [1.807, 2.05) is 0 Å². The summed E-state index contributed by atoms with van der Waals surface area (Å²) in [6.45, 7) is 3.02. The molecule has 1 saturated heterocycles. The third-order valence-electron chi connectivity index (χ3n) is 4.12. The fourth-order valence-corrected chi connectivity index (χ4v) is 4.36. The van der Waals surface area contributed by atoms with Crippen LogP contribution in [0.4, 0.5) is 5.00 Å². The third-order valence-corrected chi connectivity index (χ3v) is 5.36. The molecular weight excluding hydrogens is 272 g/mol. The number of hydrogen-bond acceptors (Lipinski definition) is 5. The second-order valence-electron chi connectivity index (χ2n) is 5.59. The van der Waals surface area contributed by atoms with Crippen molar-refractivity contribution in [2.75, 3.05) is 31.6 Å². The van der Waals surface area contributed by atoms with Crippen molar-refractivity contribution in [1.82, 2.24) is 4.90 Å². The molecule has 0 saturated carbocycles. The first-order valence-corrected chi connectivity index (χ1v) is 7.69. The Kier molecular flexibility index (Phi) is 3.50. The van der Waals surface area contributed by atoms with E-state index in [1.165, 1.54) is 4.88 Å². The highest BCUT2D eigenvalue weighted by atomic mass is 32.1. The van der Waals surface area contributed by atoms with Crippen LogP contribution in [-0.4, -0.2) is 37.5 Å². The number of carbonyl (C=O) groups excluding carboxylic acids is 1. The Hall–Kier alpha value is -1.42. The summed E-state index contributed by atoms with van der Waals surface area (Å²) in [5.74, 6) is 0.319. The maximum Gasteiger partial charge on any atom is 0.228 e. The summed E-state index contributed by atoms with van der Waals surface area (Å²) in [6, 6.07) is 2.32. The Labute approximate surface area is 122 Å². The van der Waals surface area contributed by atoms with Crippen LogP contribution in [0.3, 0.4) is 0 Å². The van der Waals surface area contributed by atoms with Crippen LogP contribution in [0.1, 0.15) is 22.4 Å². The summed E-state index contributed by atoms with van der Waals surface area (Å²) in [4.78, 5) is 17.4. The molecule has 0 spiro atoms. The number of fused-ring (bicyclic) bond motifs is 1. The zero-order chi connectivity index (χ0) is 14.3. The van der Waals surface area contributed by atoms with Crippen LogP contribution >= 0.6 is 11.3 Å². The molecule has 1 fully saturated rings. The van der Waals surface area contributed by atoms with Gasteiger partial charge in [0.2, 0.25) is 5.91 Å². The second-order valence-corrected chi connectivity index (χ2v) is 6.68. The predicted octanol–water partition coefficient (Wildman–Crippen LogP) is 0.919. The van der Waals surface area contributed by atoms with Gasteiger partial charge in [0.15, 0.2) is 0 Å². The number of hydrogen-bond donors (Lipinski definition) is 1. The molecule has 20 heavy (non-hydrogen) atoms. The lowest BCUT2D eigenvalue weighted by atomic mass is 10.0. The van der Waals surface area contributed by atoms with Crippen molar-refractivity contribution in [3.05, 3.63) is 16.0 Å². The molecule has 0 aromatic carbocycles. The first-order chi connectivity index (χ1) is 9.63. The number of nitrogens with zero attached hydrogens (tertiary/aromatic N) is 3. The summed E-state index contributed by atoms with van der Waals surface area (Å²) >= 11 is 1.60. The SMILES string of the molecule is CN1CCc2c(sc(N3CC(CN)CC3=O)c2C#N)C1. The number of likely N-dealkylation sites (N-methyl/N-ethyl adjacent to an activating group) is 1. The molecule has 3 rings (SSSR count). The Morgan fingerprint density at radius 1 is 1.55 bits per heavy atom. The molecule has 0 bridgehead atoms. The summed E-state index contributed by atoms with van der Waals surface area (Å²) in [7, 11) is 2.08. The Morgan fingerprint density at radius 2 is 2.35 bits per heavy atom. The summed E-state index contributed by atoms with van der Waals surface area (Å²) < 4.78 is 0. The molecule has 2 N–H and O–H groups in total. The van der Waals surface area contributed by atoms with E-state index in [9.17, 15) is 10.1 Å². The largest absolute Gasteiger partial charge is 0.330 e. The molecule has 0 radical (unpaired) electrons. The fraction of sp³-hybridized carbons (Fsp3) is 0.571. The predicted molar refractivity (Wildman–Crippen MR) is 78.6 cm³/mol. The van der Waals surface area contributed by atoms with Crippen LogP contribution in [0.15, 0.2) is 0 Å². The summed E-state index contributed by atoms with van der Waals surface area (Å²) in [5, 5.41) is 10.3. The lowest BCUT2D eigenvalue weighted by Gasteiger charge is -2.21. The normalized spacial score (nSPS) is 22.9. The van der Waals surface area contributed by atoms with Crippen molar-refractivity contribution in [2.24, 2.45) is 11.7 Å². The minimum Gasteiger partial charge on any atom is -0.330 e. The van der Waals surface area contributed by atoms with Gasteiger partial charge in [-0.1, -0.05) is 0 Å². The van der Waals surface area contributed by atoms with Gasteiger partial charge in [-0.3, -0.25) is 4.79 Å². The molecule has 2 aliphatic heterocycles. The minimum absolute atomic E-state index is 0.101. The quantitative estimate of drug-likeness (QED) is 0.879. The molecule has 1 unspecified atom stereocenters. The number of nitriles is 1. The van der Waals surface area contributed by atoms with Gasteiger partial charge in [0.05, 0.1) is 5.56 Å². The van der Waals surface area contributed by atoms with Crippen LogP contribution in [0.5, 0.6) is 0 Å². The van der Waals surface area contributed by atoms with Gasteiger partial charge in [0, 0.05) is 30.9 Å². The standard InChI is InChI=1S/C14H18N4OS/c1-17-3-2-10-11(6-16)14(20-12(10)8-17)18-7-9(5-15)4-13(18)19/h9H,2-5,7-8,15H2,1H3. The van der Waals surface area contributed by atoms with Gasteiger partial charge in [0.25, 0.3) is 0 Å². The van der Waals surface area contributed by atoms with E-state index in [0.717, 1.165) is 30.1 Å². The van der Waals surface area contributed by atoms with Gasteiger partial charge >= 0.3 is 0 Å². The van der Waals surface area contributed by atoms with E-state index >= 15 is 0 Å². The highest BCUT2D eigenvalue weighted by Crippen LogP contribution is 2.40. The van der Waals surface area contributed by atoms with E-state index in [-0.39, 0.29) is 11.8 Å². The van der Waals surface area contributed by atoms with Crippen LogP contribution in [-0.2, 0) is 17.8 Å². The van der Waals surface area contributed by atoms with E-state index in [0.29, 0.717) is 25.1 Å². The van der Waals surface area contributed by atoms with E-state index in [1.54, 1.807) is 16.2 Å². The van der Waals surface area contributed by atoms with Crippen LogP contribution < -0.4 is 10.6 Å². The molecule has 3 heterocycles. The Balaban J connectivity index is 1.98. The van der Waals surface area contributed by atoms with Gasteiger partial charge in [-0.15, -0.1) is 11.3 Å². The van der Waals surface area contributed by atoms with E-state index < -0.39 is 0 Å². The van der Waals surface area contributed by atoms with Crippen molar-refractivity contribution < 1.29 is 4.79 Å². The Bertz CT molecular complexity index is 589. The highest BCUT2D eigenvalue weighted by Gasteiger charge is 2.34. The van der Waals surface area contributed by atoms with Gasteiger partial charge in [-0.05, 0) is 31.5 Å². The molecule has 1 aromatic heterocycles. The van der Waals surface area contributed by atoms with Crippen molar-refractivity contribution in [3.8, 4) is 6.07 Å². The number of rotatable bonds is 2. The van der Waals surface area contributed by atoms with Crippen molar-refractivity contribution >= 4 is 22.2 Å². The lowest BCUT2D eigenvalue weighted by Crippen LogP contribution is -2.26. The summed E-state index contributed by atoms with van der Waals surface area (Å²) in [5.41, 5.74) is 7.54. The highest BCUT2D eigenvalue weighted by molar-refractivity contribution is 7.16. The van der Waals surface area contributed by atoms with Crippen molar-refractivity contribution in [3.63, 3.8) is 0 Å². The Morgan fingerprint density at radius 3 is 3.00 bits per heavy atom. The number of carbonyl (C=O) groups is 1. The maximum atomic E-state index is 12.1. The molecule has 1 atom stereocenters. The first-order valence-electron chi connectivity index (χ1n) is 6.87. The number of anilines is 1. The molecule has 1 aromatic rings. The number of thiophene rings is 1. The van der Waals surface area contributed by atoms with Crippen LogP contribution in [0, 0.1) is 17.2 Å². The van der Waals surface area contributed by atoms with Gasteiger partial charge in [0.1, 0.15) is 11.1 Å². The van der Waals surface area contributed by atoms with Crippen molar-refractivity contribution in [1.29, 1.82) is 5.26 Å². The first kappa shape index (κ1) is 13.6.